The molecule has 5 rings (SSSR count). The van der Waals surface area contributed by atoms with E-state index in [0.717, 1.165) is 41.9 Å². The van der Waals surface area contributed by atoms with Crippen molar-refractivity contribution >= 4 is 12.0 Å². The van der Waals surface area contributed by atoms with Gasteiger partial charge in [-0.05, 0) is 74.6 Å². The normalized spacial score (nSPS) is 21.5. The Labute approximate surface area is 191 Å². The van der Waals surface area contributed by atoms with E-state index >= 15 is 0 Å². The van der Waals surface area contributed by atoms with Crippen molar-refractivity contribution in [1.82, 2.24) is 14.5 Å². The maximum Gasteiger partial charge on any atom is 0.250 e. The minimum Gasteiger partial charge on any atom is -0.495 e. The van der Waals surface area contributed by atoms with Gasteiger partial charge in [0.15, 0.2) is 0 Å². The van der Waals surface area contributed by atoms with Gasteiger partial charge in [-0.2, -0.15) is 0 Å². The van der Waals surface area contributed by atoms with Gasteiger partial charge in [0.2, 0.25) is 0 Å². The summed E-state index contributed by atoms with van der Waals surface area (Å²) in [5.74, 6) is -0.397. The highest BCUT2D eigenvalue weighted by Gasteiger charge is 2.42. The number of imidazole rings is 1. The number of piperidine rings is 1. The van der Waals surface area contributed by atoms with Crippen molar-refractivity contribution in [3.05, 3.63) is 83.0 Å². The molecule has 3 aromatic rings. The smallest absolute Gasteiger partial charge is 0.250 e. The molecule has 0 spiro atoms. The van der Waals surface area contributed by atoms with Crippen molar-refractivity contribution in [3.63, 3.8) is 0 Å². The van der Waals surface area contributed by atoms with Crippen LogP contribution in [0.5, 0.6) is 5.75 Å². The molecular weight excluding hydrogens is 424 g/mol. The number of hydrogen-bond donors (Lipinski definition) is 0. The molecule has 1 aromatic heterocycles. The summed E-state index contributed by atoms with van der Waals surface area (Å²) in [7, 11) is 1.61. The van der Waals surface area contributed by atoms with Gasteiger partial charge in [0.25, 0.3) is 5.91 Å². The second-order valence-corrected chi connectivity index (χ2v) is 8.69. The summed E-state index contributed by atoms with van der Waals surface area (Å²) in [6, 6.07) is 8.85. The lowest BCUT2D eigenvalue weighted by Gasteiger charge is -2.35. The molecule has 0 aliphatic carbocycles. The Kier molecular flexibility index (Phi) is 5.48. The summed E-state index contributed by atoms with van der Waals surface area (Å²) >= 11 is 0. The van der Waals surface area contributed by atoms with Crippen LogP contribution in [0.15, 0.2) is 54.5 Å². The largest absolute Gasteiger partial charge is 0.495 e. The van der Waals surface area contributed by atoms with Crippen LogP contribution in [0.4, 0.5) is 8.78 Å². The van der Waals surface area contributed by atoms with Crippen molar-refractivity contribution in [2.75, 3.05) is 7.11 Å². The SMILES string of the molecule is COc1cc(C=C2CC[C@H]3CC[C@@H](c4cc(F)ccc4F)N3C2=O)ccc1-n1cnc(C)c1. The van der Waals surface area contributed by atoms with Gasteiger partial charge in [0.05, 0.1) is 30.9 Å². The fourth-order valence-corrected chi connectivity index (χ4v) is 5.03. The third-order valence-electron chi connectivity index (χ3n) is 6.61. The average Bonchev–Trinajstić information content (AvgIpc) is 3.44. The van der Waals surface area contributed by atoms with Crippen LogP contribution in [0.25, 0.3) is 11.8 Å². The monoisotopic (exact) mass is 449 g/mol. The van der Waals surface area contributed by atoms with Gasteiger partial charge in [0, 0.05) is 23.4 Å². The third-order valence-corrected chi connectivity index (χ3v) is 6.61. The van der Waals surface area contributed by atoms with Gasteiger partial charge >= 0.3 is 0 Å². The van der Waals surface area contributed by atoms with Crippen LogP contribution in [0.2, 0.25) is 0 Å². The van der Waals surface area contributed by atoms with Gasteiger partial charge in [-0.3, -0.25) is 4.79 Å². The Bertz CT molecular complexity index is 1250. The Morgan fingerprint density at radius 1 is 1.12 bits per heavy atom. The zero-order valence-corrected chi connectivity index (χ0v) is 18.6. The van der Waals surface area contributed by atoms with E-state index in [0.29, 0.717) is 24.2 Å². The summed E-state index contributed by atoms with van der Waals surface area (Å²) in [5.41, 5.74) is 3.54. The van der Waals surface area contributed by atoms with Crippen molar-refractivity contribution < 1.29 is 18.3 Å². The predicted molar refractivity (Wildman–Crippen MR) is 121 cm³/mol. The van der Waals surface area contributed by atoms with Crippen LogP contribution in [-0.4, -0.2) is 33.5 Å². The quantitative estimate of drug-likeness (QED) is 0.503. The Morgan fingerprint density at radius 2 is 1.97 bits per heavy atom. The van der Waals surface area contributed by atoms with Crippen LogP contribution in [0.1, 0.15) is 48.5 Å². The summed E-state index contributed by atoms with van der Waals surface area (Å²) in [6.07, 6.45) is 8.43. The number of rotatable bonds is 4. The van der Waals surface area contributed by atoms with E-state index in [1.54, 1.807) is 18.3 Å². The topological polar surface area (TPSA) is 47.4 Å². The van der Waals surface area contributed by atoms with E-state index < -0.39 is 17.7 Å². The van der Waals surface area contributed by atoms with Gasteiger partial charge in [0.1, 0.15) is 17.4 Å². The number of halogens is 2. The zero-order valence-electron chi connectivity index (χ0n) is 18.6. The molecule has 1 amide bonds. The lowest BCUT2D eigenvalue weighted by atomic mass is 9.95. The molecule has 170 valence electrons. The van der Waals surface area contributed by atoms with Gasteiger partial charge < -0.3 is 14.2 Å². The molecule has 2 fully saturated rings. The minimum atomic E-state index is -0.490. The Balaban J connectivity index is 1.45. The maximum atomic E-state index is 14.5. The second-order valence-electron chi connectivity index (χ2n) is 8.69. The van der Waals surface area contributed by atoms with Gasteiger partial charge in [-0.1, -0.05) is 6.07 Å². The van der Waals surface area contributed by atoms with E-state index in [9.17, 15) is 13.6 Å². The van der Waals surface area contributed by atoms with Crippen LogP contribution < -0.4 is 4.74 Å². The summed E-state index contributed by atoms with van der Waals surface area (Å²) in [6.45, 7) is 1.92. The summed E-state index contributed by atoms with van der Waals surface area (Å²) < 4.78 is 35.8. The van der Waals surface area contributed by atoms with Crippen molar-refractivity contribution in [3.8, 4) is 11.4 Å². The van der Waals surface area contributed by atoms with Crippen molar-refractivity contribution in [2.24, 2.45) is 0 Å². The number of hydrogen-bond acceptors (Lipinski definition) is 3. The van der Waals surface area contributed by atoms with Crippen molar-refractivity contribution in [1.29, 1.82) is 0 Å². The molecule has 7 heteroatoms. The predicted octanol–water partition coefficient (Wildman–Crippen LogP) is 5.38. The number of ether oxygens (including phenoxy) is 1. The lowest BCUT2D eigenvalue weighted by molar-refractivity contribution is -0.131. The highest BCUT2D eigenvalue weighted by atomic mass is 19.1. The number of carbonyl (C=O) groups is 1. The van der Waals surface area contributed by atoms with Gasteiger partial charge in [-0.15, -0.1) is 0 Å². The number of benzene rings is 2. The molecule has 3 heterocycles. The molecule has 0 bridgehead atoms. The first-order valence-electron chi connectivity index (χ1n) is 11.1. The third kappa shape index (κ3) is 3.92. The van der Waals surface area contributed by atoms with Gasteiger partial charge in [-0.25, -0.2) is 13.8 Å². The molecule has 5 nitrogen and oxygen atoms in total. The first-order chi connectivity index (χ1) is 15.9. The second kappa shape index (κ2) is 8.46. The number of fused-ring (bicyclic) bond motifs is 1. The van der Waals surface area contributed by atoms with Crippen LogP contribution in [0.3, 0.4) is 0 Å². The lowest BCUT2D eigenvalue weighted by Crippen LogP contribution is -2.42. The average molecular weight is 450 g/mol. The fraction of sp³-hybridized carbons (Fsp3) is 0.308. The number of aromatic nitrogens is 2. The first-order valence-corrected chi connectivity index (χ1v) is 11.1. The standard InChI is InChI=1S/C26H25F2N3O2/c1-16-14-30(15-29-16)24-9-3-17(12-25(24)33-2)11-18-4-6-20-7-10-23(31(20)26(18)32)21-13-19(27)5-8-22(21)28/h3,5,8-9,11-15,20,23H,4,6-7,10H2,1-2H3/t20-,23-/m0/s1. The zero-order chi connectivity index (χ0) is 23.1. The summed E-state index contributed by atoms with van der Waals surface area (Å²) in [5, 5.41) is 0. The van der Waals surface area contributed by atoms with Crippen LogP contribution in [-0.2, 0) is 4.79 Å². The maximum absolute atomic E-state index is 14.5. The number of methoxy groups -OCH3 is 1. The summed E-state index contributed by atoms with van der Waals surface area (Å²) in [4.78, 5) is 19.5. The molecule has 0 N–H and O–H groups in total. The molecule has 0 radical (unpaired) electrons. The molecule has 33 heavy (non-hydrogen) atoms. The molecule has 2 aliphatic rings. The molecule has 2 aliphatic heterocycles. The molecule has 2 aromatic carbocycles. The van der Waals surface area contributed by atoms with E-state index in [1.807, 2.05) is 42.0 Å². The van der Waals surface area contributed by atoms with E-state index in [4.69, 9.17) is 4.74 Å². The van der Waals surface area contributed by atoms with Crippen LogP contribution in [0, 0.1) is 18.6 Å². The Hall–Kier alpha value is -3.48. The molecule has 2 saturated heterocycles. The van der Waals surface area contributed by atoms with E-state index in [1.165, 1.54) is 6.07 Å². The number of carbonyl (C=O) groups excluding carboxylic acids is 1. The number of nitrogens with zero attached hydrogens (tertiary/aromatic N) is 3. The highest BCUT2D eigenvalue weighted by Crippen LogP contribution is 2.43. The molecule has 2 atom stereocenters. The van der Waals surface area contributed by atoms with Crippen molar-refractivity contribution in [2.45, 2.75) is 44.7 Å². The molecule has 0 saturated carbocycles. The van der Waals surface area contributed by atoms with E-state index in [2.05, 4.69) is 4.98 Å². The van der Waals surface area contributed by atoms with Crippen LogP contribution >= 0.6 is 0 Å². The molecule has 0 unspecified atom stereocenters. The highest BCUT2D eigenvalue weighted by molar-refractivity contribution is 5.99. The number of aryl methyl sites for hydroxylation is 1. The number of amides is 1. The van der Waals surface area contributed by atoms with E-state index in [-0.39, 0.29) is 17.5 Å². The Morgan fingerprint density at radius 3 is 2.73 bits per heavy atom. The molecular formula is C26H25F2N3O2. The fourth-order valence-electron chi connectivity index (χ4n) is 5.03. The first kappa shape index (κ1) is 21.4. The minimum absolute atomic E-state index is 0.0590.